The second kappa shape index (κ2) is 3.83. The molecule has 18 heavy (non-hydrogen) atoms. The van der Waals surface area contributed by atoms with Crippen LogP contribution >= 0.6 is 11.6 Å². The zero-order chi connectivity index (χ0) is 12.1. The van der Waals surface area contributed by atoms with Gasteiger partial charge in [0, 0.05) is 38.4 Å². The van der Waals surface area contributed by atoms with Crippen LogP contribution in [0.3, 0.4) is 0 Å². The van der Waals surface area contributed by atoms with Gasteiger partial charge in [-0.3, -0.25) is 4.90 Å². The Kier molecular flexibility index (Phi) is 2.25. The van der Waals surface area contributed by atoms with Gasteiger partial charge in [0.25, 0.3) is 6.01 Å². The van der Waals surface area contributed by atoms with E-state index in [0.717, 1.165) is 25.2 Å². The summed E-state index contributed by atoms with van der Waals surface area (Å²) in [5.41, 5.74) is 1.30. The molecule has 2 aliphatic rings. The number of aromatic nitrogens is 2. The van der Waals surface area contributed by atoms with Gasteiger partial charge in [0.2, 0.25) is 5.71 Å². The molecular formula is C12H13ClN4O. The Balaban J connectivity index is 1.73. The van der Waals surface area contributed by atoms with Gasteiger partial charge in [0.15, 0.2) is 0 Å². The van der Waals surface area contributed by atoms with E-state index in [4.69, 9.17) is 16.0 Å². The van der Waals surface area contributed by atoms with Crippen LogP contribution in [0.5, 0.6) is 0 Å². The van der Waals surface area contributed by atoms with Crippen LogP contribution in [-0.2, 0) is 0 Å². The SMILES string of the molecule is Clc1cnc2oc(N3CCN4CC[C@H]3C4)nc2c1. The lowest BCUT2D eigenvalue weighted by molar-refractivity contribution is 0.304. The lowest BCUT2D eigenvalue weighted by atomic mass is 10.2. The molecule has 0 amide bonds. The number of hydrogen-bond acceptors (Lipinski definition) is 5. The molecule has 2 aliphatic heterocycles. The minimum atomic E-state index is 0.530. The summed E-state index contributed by atoms with van der Waals surface area (Å²) < 4.78 is 5.74. The maximum Gasteiger partial charge on any atom is 0.300 e. The summed E-state index contributed by atoms with van der Waals surface area (Å²) in [7, 11) is 0. The molecule has 2 saturated heterocycles. The average molecular weight is 265 g/mol. The molecule has 2 aromatic heterocycles. The van der Waals surface area contributed by atoms with Gasteiger partial charge in [-0.25, -0.2) is 4.98 Å². The summed E-state index contributed by atoms with van der Waals surface area (Å²) in [6.45, 7) is 4.37. The molecular weight excluding hydrogens is 252 g/mol. The number of fused-ring (bicyclic) bond motifs is 3. The molecule has 0 N–H and O–H groups in total. The first-order valence-electron chi connectivity index (χ1n) is 6.21. The lowest BCUT2D eigenvalue weighted by Gasteiger charge is -2.32. The van der Waals surface area contributed by atoms with E-state index >= 15 is 0 Å². The normalized spacial score (nSPS) is 27.1. The van der Waals surface area contributed by atoms with E-state index in [1.807, 2.05) is 0 Å². The van der Waals surface area contributed by atoms with Gasteiger partial charge in [-0.05, 0) is 12.5 Å². The number of rotatable bonds is 1. The highest BCUT2D eigenvalue weighted by Crippen LogP contribution is 2.28. The molecule has 94 valence electrons. The highest BCUT2D eigenvalue weighted by Gasteiger charge is 2.34. The van der Waals surface area contributed by atoms with Crippen molar-refractivity contribution in [3.05, 3.63) is 17.3 Å². The van der Waals surface area contributed by atoms with Crippen molar-refractivity contribution >= 4 is 28.8 Å². The quantitative estimate of drug-likeness (QED) is 0.786. The van der Waals surface area contributed by atoms with Crippen molar-refractivity contribution in [3.8, 4) is 0 Å². The zero-order valence-corrected chi connectivity index (χ0v) is 10.6. The molecule has 2 aromatic rings. The monoisotopic (exact) mass is 264 g/mol. The first kappa shape index (κ1) is 10.6. The van der Waals surface area contributed by atoms with E-state index in [0.29, 0.717) is 22.8 Å². The third-order valence-corrected chi connectivity index (χ3v) is 4.00. The van der Waals surface area contributed by atoms with Crippen LogP contribution < -0.4 is 4.90 Å². The predicted octanol–water partition coefficient (Wildman–Crippen LogP) is 1.77. The minimum Gasteiger partial charge on any atom is -0.404 e. The highest BCUT2D eigenvalue weighted by molar-refractivity contribution is 6.30. The lowest BCUT2D eigenvalue weighted by Crippen LogP contribution is -2.46. The molecule has 2 bridgehead atoms. The molecule has 4 heterocycles. The fourth-order valence-electron chi connectivity index (χ4n) is 2.86. The topological polar surface area (TPSA) is 45.4 Å². The first-order chi connectivity index (χ1) is 8.79. The average Bonchev–Trinajstić information content (AvgIpc) is 2.94. The largest absolute Gasteiger partial charge is 0.404 e. The molecule has 5 nitrogen and oxygen atoms in total. The number of halogens is 1. The molecule has 1 unspecified atom stereocenters. The van der Waals surface area contributed by atoms with Crippen molar-refractivity contribution in [1.29, 1.82) is 0 Å². The van der Waals surface area contributed by atoms with Crippen molar-refractivity contribution in [2.45, 2.75) is 12.5 Å². The van der Waals surface area contributed by atoms with Gasteiger partial charge in [-0.1, -0.05) is 11.6 Å². The Hall–Kier alpha value is -1.33. The third kappa shape index (κ3) is 1.58. The highest BCUT2D eigenvalue weighted by atomic mass is 35.5. The second-order valence-corrected chi connectivity index (χ2v) is 5.35. The van der Waals surface area contributed by atoms with Crippen molar-refractivity contribution in [3.63, 3.8) is 0 Å². The van der Waals surface area contributed by atoms with Crippen molar-refractivity contribution in [2.75, 3.05) is 31.1 Å². The number of anilines is 1. The molecule has 4 rings (SSSR count). The third-order valence-electron chi connectivity index (χ3n) is 3.79. The number of pyridine rings is 1. The van der Waals surface area contributed by atoms with Crippen LogP contribution in [-0.4, -0.2) is 47.1 Å². The molecule has 6 heteroatoms. The maximum absolute atomic E-state index is 5.91. The smallest absolute Gasteiger partial charge is 0.300 e. The molecule has 0 aliphatic carbocycles. The Morgan fingerprint density at radius 1 is 1.33 bits per heavy atom. The van der Waals surface area contributed by atoms with Crippen LogP contribution in [0.4, 0.5) is 6.01 Å². The van der Waals surface area contributed by atoms with E-state index in [1.165, 1.54) is 13.0 Å². The van der Waals surface area contributed by atoms with Crippen LogP contribution in [0.2, 0.25) is 5.02 Å². The molecule has 0 spiro atoms. The number of hydrogen-bond donors (Lipinski definition) is 0. The second-order valence-electron chi connectivity index (χ2n) is 4.91. The summed E-state index contributed by atoms with van der Waals surface area (Å²) in [4.78, 5) is 13.4. The Morgan fingerprint density at radius 3 is 3.22 bits per heavy atom. The zero-order valence-electron chi connectivity index (χ0n) is 9.84. The van der Waals surface area contributed by atoms with E-state index in [2.05, 4.69) is 19.8 Å². The van der Waals surface area contributed by atoms with Crippen molar-refractivity contribution < 1.29 is 4.42 Å². The van der Waals surface area contributed by atoms with Crippen LogP contribution in [0.15, 0.2) is 16.7 Å². The van der Waals surface area contributed by atoms with Crippen LogP contribution in [0.25, 0.3) is 11.2 Å². The van der Waals surface area contributed by atoms with Gasteiger partial charge in [-0.2, -0.15) is 4.98 Å². The standard InChI is InChI=1S/C12H13ClN4O/c13-8-5-10-11(14-6-8)18-12(15-10)17-4-3-16-2-1-9(17)7-16/h5-6,9H,1-4,7H2/t9-/m0/s1. The number of piperazine rings is 1. The van der Waals surface area contributed by atoms with Crippen molar-refractivity contribution in [2.24, 2.45) is 0 Å². The summed E-state index contributed by atoms with van der Waals surface area (Å²) in [5, 5.41) is 0.591. The van der Waals surface area contributed by atoms with Gasteiger partial charge in [-0.15, -0.1) is 0 Å². The Labute approximate surface area is 109 Å². The van der Waals surface area contributed by atoms with Gasteiger partial charge >= 0.3 is 0 Å². The van der Waals surface area contributed by atoms with E-state index < -0.39 is 0 Å². The molecule has 2 fully saturated rings. The van der Waals surface area contributed by atoms with E-state index in [-0.39, 0.29) is 0 Å². The molecule has 0 radical (unpaired) electrons. The molecule has 0 aromatic carbocycles. The maximum atomic E-state index is 5.91. The van der Waals surface area contributed by atoms with Gasteiger partial charge in [0.05, 0.1) is 5.02 Å². The minimum absolute atomic E-state index is 0.530. The fourth-order valence-corrected chi connectivity index (χ4v) is 3.02. The fraction of sp³-hybridized carbons (Fsp3) is 0.500. The summed E-state index contributed by atoms with van der Waals surface area (Å²) in [5.74, 6) is 0. The Morgan fingerprint density at radius 2 is 2.28 bits per heavy atom. The first-order valence-corrected chi connectivity index (χ1v) is 6.58. The Bertz CT molecular complexity index is 599. The van der Waals surface area contributed by atoms with Gasteiger partial charge < -0.3 is 9.32 Å². The molecule has 2 atom stereocenters. The summed E-state index contributed by atoms with van der Waals surface area (Å²) >= 11 is 5.91. The summed E-state index contributed by atoms with van der Waals surface area (Å²) in [6.07, 6.45) is 2.78. The number of nitrogens with zero attached hydrogens (tertiary/aromatic N) is 4. The van der Waals surface area contributed by atoms with Crippen LogP contribution in [0.1, 0.15) is 6.42 Å². The predicted molar refractivity (Wildman–Crippen MR) is 69.0 cm³/mol. The van der Waals surface area contributed by atoms with E-state index in [9.17, 15) is 0 Å². The number of oxazole rings is 1. The van der Waals surface area contributed by atoms with Gasteiger partial charge in [0.1, 0.15) is 5.52 Å². The van der Waals surface area contributed by atoms with Crippen molar-refractivity contribution in [1.82, 2.24) is 14.9 Å². The van der Waals surface area contributed by atoms with E-state index in [1.54, 1.807) is 12.3 Å². The van der Waals surface area contributed by atoms with Crippen LogP contribution in [0, 0.1) is 0 Å². The molecule has 0 saturated carbocycles. The summed E-state index contributed by atoms with van der Waals surface area (Å²) in [6, 6.07) is 3.01.